The molecule has 0 rings (SSSR count). The fraction of sp³-hybridized carbons (Fsp3) is 1.00. The highest BCUT2D eigenvalue weighted by molar-refractivity contribution is 8.58. The lowest BCUT2D eigenvalue weighted by atomic mass is 10.9. The Balaban J connectivity index is 5.00. The van der Waals surface area contributed by atoms with Gasteiger partial charge in [0.2, 0.25) is 0 Å². The van der Waals surface area contributed by atoms with Crippen LogP contribution in [0.3, 0.4) is 0 Å². The third kappa shape index (κ3) is 11.2. The van der Waals surface area contributed by atoms with Crippen LogP contribution in [0, 0.1) is 0 Å². The highest BCUT2D eigenvalue weighted by Crippen LogP contribution is 2.36. The Labute approximate surface area is 177 Å². The first-order chi connectivity index (χ1) is 12.8. The summed E-state index contributed by atoms with van der Waals surface area (Å²) in [6.45, 7) is 20.3. The summed E-state index contributed by atoms with van der Waals surface area (Å²) < 4.78 is 35.9. The molecule has 0 atom stereocenters. The van der Waals surface area contributed by atoms with E-state index in [0.717, 1.165) is 10.8 Å². The minimum absolute atomic E-state index is 0.608. The molecule has 0 aliphatic rings. The van der Waals surface area contributed by atoms with Crippen LogP contribution in [0.2, 0.25) is 13.1 Å². The van der Waals surface area contributed by atoms with E-state index in [2.05, 4.69) is 13.1 Å². The van der Waals surface area contributed by atoms with Crippen LogP contribution in [0.5, 0.6) is 0 Å². The van der Waals surface area contributed by atoms with Gasteiger partial charge in [-0.25, -0.2) is 0 Å². The molecule has 0 heterocycles. The van der Waals surface area contributed by atoms with E-state index in [-0.39, 0.29) is 0 Å². The minimum Gasteiger partial charge on any atom is -0.373 e. The lowest BCUT2D eigenvalue weighted by molar-refractivity contribution is 0.0766. The molecule has 0 radical (unpaired) electrons. The van der Waals surface area contributed by atoms with Crippen LogP contribution in [0.4, 0.5) is 0 Å². The first-order valence-corrected chi connectivity index (χ1v) is 20.2. The summed E-state index contributed by atoms with van der Waals surface area (Å²) in [6.07, 6.45) is -1.67. The van der Waals surface area contributed by atoms with Crippen molar-refractivity contribution in [1.29, 1.82) is 0 Å². The number of hydrogen-bond acceptors (Lipinski definition) is 8. The van der Waals surface area contributed by atoms with E-state index < -0.39 is 24.0 Å². The number of rotatable bonds is 18. The summed E-state index contributed by atoms with van der Waals surface area (Å²) in [5, 5.41) is 1.56. The van der Waals surface area contributed by atoms with Crippen LogP contribution >= 0.6 is 22.4 Å². The fourth-order valence-corrected chi connectivity index (χ4v) is 25.4. The fourth-order valence-electron chi connectivity index (χ4n) is 2.39. The maximum atomic E-state index is 5.99. The molecule has 0 spiro atoms. The molecule has 0 aromatic carbocycles. The molecule has 0 bridgehead atoms. The molecule has 27 heavy (non-hydrogen) atoms. The Hall–Kier alpha value is 1.11. The smallest absolute Gasteiger partial charge is 0.373 e. The Morgan fingerprint density at radius 1 is 0.481 bits per heavy atom. The van der Waals surface area contributed by atoms with E-state index in [9.17, 15) is 0 Å². The Kier molecular flexibility index (Phi) is 15.6. The lowest BCUT2D eigenvalue weighted by Crippen LogP contribution is -2.51. The average Bonchev–Trinajstić information content (AvgIpc) is 2.60. The van der Waals surface area contributed by atoms with E-state index in [0.29, 0.717) is 39.6 Å². The van der Waals surface area contributed by atoms with Gasteiger partial charge in [0.1, 0.15) is 0 Å². The second kappa shape index (κ2) is 15.0. The maximum absolute atomic E-state index is 5.99. The molecule has 0 N–H and O–H groups in total. The van der Waals surface area contributed by atoms with Crippen molar-refractivity contribution in [1.82, 2.24) is 0 Å². The predicted octanol–water partition coefficient (Wildman–Crippen LogP) is 4.33. The van der Waals surface area contributed by atoms with E-state index in [1.165, 1.54) is 0 Å². The molecule has 0 aromatic rings. The molecular formula is C16H40O6S2Si3. The Morgan fingerprint density at radius 2 is 0.704 bits per heavy atom. The van der Waals surface area contributed by atoms with Crippen molar-refractivity contribution in [3.05, 3.63) is 0 Å². The van der Waals surface area contributed by atoms with Gasteiger partial charge >= 0.3 is 17.6 Å². The van der Waals surface area contributed by atoms with Gasteiger partial charge in [0, 0.05) is 39.6 Å². The van der Waals surface area contributed by atoms with Crippen molar-refractivity contribution < 1.29 is 26.6 Å². The van der Waals surface area contributed by atoms with Gasteiger partial charge in [0.05, 0.1) is 10.8 Å². The van der Waals surface area contributed by atoms with Gasteiger partial charge in [-0.05, 0) is 41.5 Å². The average molecular weight is 477 g/mol. The largest absolute Gasteiger partial charge is 0.510 e. The van der Waals surface area contributed by atoms with Gasteiger partial charge in [-0.1, -0.05) is 13.1 Å². The summed E-state index contributed by atoms with van der Waals surface area (Å²) in [5.74, 6) is 0. The monoisotopic (exact) mass is 476 g/mol. The van der Waals surface area contributed by atoms with Crippen LogP contribution in [-0.4, -0.2) is 74.4 Å². The van der Waals surface area contributed by atoms with Crippen LogP contribution in [0.25, 0.3) is 0 Å². The van der Waals surface area contributed by atoms with Gasteiger partial charge in [-0.15, -0.1) is 0 Å². The predicted molar refractivity (Wildman–Crippen MR) is 124 cm³/mol. The molecule has 6 nitrogen and oxygen atoms in total. The van der Waals surface area contributed by atoms with Crippen LogP contribution in [0.15, 0.2) is 0 Å². The molecule has 0 saturated heterocycles. The van der Waals surface area contributed by atoms with Gasteiger partial charge in [-0.2, -0.15) is 22.4 Å². The summed E-state index contributed by atoms with van der Waals surface area (Å²) in [5.41, 5.74) is 0. The molecule has 0 amide bonds. The zero-order valence-electron chi connectivity index (χ0n) is 18.4. The van der Waals surface area contributed by atoms with E-state index in [4.69, 9.17) is 26.6 Å². The SMILES string of the molecule is CCO[Si](CS[Si](C)(C)SC[Si](OCC)(OCC)OCC)(OCC)OCC. The normalized spacial score (nSPS) is 13.3. The third-order valence-electron chi connectivity index (χ3n) is 3.38. The molecule has 0 aliphatic heterocycles. The highest BCUT2D eigenvalue weighted by Gasteiger charge is 2.46. The Bertz CT molecular complexity index is 314. The van der Waals surface area contributed by atoms with Crippen molar-refractivity contribution in [3.63, 3.8) is 0 Å². The van der Waals surface area contributed by atoms with E-state index in [1.807, 2.05) is 64.0 Å². The summed E-state index contributed by atoms with van der Waals surface area (Å²) in [4.78, 5) is 0. The second-order valence-corrected chi connectivity index (χ2v) is 24.7. The first kappa shape index (κ1) is 28.1. The molecule has 0 aromatic heterocycles. The summed E-state index contributed by atoms with van der Waals surface area (Å²) in [6, 6.07) is 0. The van der Waals surface area contributed by atoms with Gasteiger partial charge < -0.3 is 26.6 Å². The minimum atomic E-state index is -2.62. The Morgan fingerprint density at radius 3 is 0.889 bits per heavy atom. The zero-order chi connectivity index (χ0) is 20.8. The molecule has 11 heteroatoms. The standard InChI is InChI=1S/C16H40O6S2Si3/c1-9-17-26(18-10-2,19-11-3)15-23-25(7,8)24-16-27(20-12-4,21-13-5)22-14-6/h9-16H2,1-8H3. The quantitative estimate of drug-likeness (QED) is 0.271. The van der Waals surface area contributed by atoms with Crippen LogP contribution in [0.1, 0.15) is 41.5 Å². The zero-order valence-corrected chi connectivity index (χ0v) is 23.1. The maximum Gasteiger partial charge on any atom is 0.510 e. The molecular weight excluding hydrogens is 437 g/mol. The molecule has 0 fully saturated rings. The van der Waals surface area contributed by atoms with Gasteiger partial charge in [-0.3, -0.25) is 0 Å². The summed E-state index contributed by atoms with van der Waals surface area (Å²) in [7, 11) is -5.25. The van der Waals surface area contributed by atoms with Crippen molar-refractivity contribution in [3.8, 4) is 0 Å². The van der Waals surface area contributed by atoms with Crippen molar-refractivity contribution in [2.45, 2.75) is 54.6 Å². The molecule has 164 valence electrons. The second-order valence-electron chi connectivity index (χ2n) is 5.94. The highest BCUT2D eigenvalue weighted by atomic mass is 32.6. The molecule has 0 unspecified atom stereocenters. The van der Waals surface area contributed by atoms with Crippen molar-refractivity contribution in [2.75, 3.05) is 50.4 Å². The van der Waals surface area contributed by atoms with Crippen LogP contribution < -0.4 is 0 Å². The lowest BCUT2D eigenvalue weighted by Gasteiger charge is -2.33. The van der Waals surface area contributed by atoms with Crippen molar-refractivity contribution in [2.24, 2.45) is 0 Å². The van der Waals surface area contributed by atoms with Crippen LogP contribution in [-0.2, 0) is 26.6 Å². The summed E-state index contributed by atoms with van der Waals surface area (Å²) >= 11 is 3.89. The van der Waals surface area contributed by atoms with Crippen molar-refractivity contribution >= 4 is 46.4 Å². The first-order valence-electron chi connectivity index (χ1n) is 9.89. The van der Waals surface area contributed by atoms with Gasteiger partial charge in [0.25, 0.3) is 0 Å². The topological polar surface area (TPSA) is 55.4 Å². The third-order valence-corrected chi connectivity index (χ3v) is 22.0. The van der Waals surface area contributed by atoms with Gasteiger partial charge in [0.15, 0.2) is 6.37 Å². The van der Waals surface area contributed by atoms with E-state index in [1.54, 1.807) is 0 Å². The number of hydrogen-bond donors (Lipinski definition) is 0. The molecule has 0 saturated carbocycles. The van der Waals surface area contributed by atoms with E-state index >= 15 is 0 Å². The molecule has 0 aliphatic carbocycles.